The lowest BCUT2D eigenvalue weighted by atomic mass is 10.1. The largest absolute Gasteiger partial charge is 0.388 e. The van der Waals surface area contributed by atoms with Gasteiger partial charge < -0.3 is 5.11 Å². The fraction of sp³-hybridized carbons (Fsp3) is 0.273. The Balaban J connectivity index is 2.81. The second-order valence-electron chi connectivity index (χ2n) is 2.82. The summed E-state index contributed by atoms with van der Waals surface area (Å²) in [5.74, 6) is 0. The van der Waals surface area contributed by atoms with Gasteiger partial charge in [0.25, 0.3) is 0 Å². The molecule has 0 heterocycles. The lowest BCUT2D eigenvalue weighted by molar-refractivity contribution is 0.181. The fourth-order valence-corrected chi connectivity index (χ4v) is 1.61. The van der Waals surface area contributed by atoms with Crippen LogP contribution in [0.25, 0.3) is 0 Å². The number of thioether (sulfide) groups is 1. The standard InChI is InChI=1S/C11H14OS/c1-3-5-11(12)9-6-4-7-10(8-9)13-2/h3-4,6-8,11-12H,1,5H2,2H3/t11-/m0/s1. The molecule has 0 saturated heterocycles. The minimum atomic E-state index is -0.412. The highest BCUT2D eigenvalue weighted by molar-refractivity contribution is 7.98. The summed E-state index contributed by atoms with van der Waals surface area (Å²) in [5, 5.41) is 9.66. The molecular weight excluding hydrogens is 180 g/mol. The number of rotatable bonds is 4. The topological polar surface area (TPSA) is 20.2 Å². The van der Waals surface area contributed by atoms with Crippen LogP contribution in [0.15, 0.2) is 41.8 Å². The molecule has 70 valence electrons. The van der Waals surface area contributed by atoms with Gasteiger partial charge in [-0.3, -0.25) is 0 Å². The summed E-state index contributed by atoms with van der Waals surface area (Å²) in [6.07, 6.45) is 3.96. The molecular formula is C11H14OS. The van der Waals surface area contributed by atoms with Crippen molar-refractivity contribution >= 4 is 11.8 Å². The van der Waals surface area contributed by atoms with Crippen LogP contribution < -0.4 is 0 Å². The van der Waals surface area contributed by atoms with Gasteiger partial charge in [-0.25, -0.2) is 0 Å². The lowest BCUT2D eigenvalue weighted by Crippen LogP contribution is -1.94. The molecule has 13 heavy (non-hydrogen) atoms. The third kappa shape index (κ3) is 2.90. The molecule has 0 amide bonds. The Hall–Kier alpha value is -0.730. The molecule has 1 atom stereocenters. The number of hydrogen-bond donors (Lipinski definition) is 1. The van der Waals surface area contributed by atoms with E-state index in [0.29, 0.717) is 6.42 Å². The van der Waals surface area contributed by atoms with Crippen LogP contribution in [0.3, 0.4) is 0 Å². The Kier molecular flexibility index (Phi) is 4.06. The molecule has 2 heteroatoms. The maximum Gasteiger partial charge on any atom is 0.0824 e. The molecule has 0 fully saturated rings. The van der Waals surface area contributed by atoms with Gasteiger partial charge in [0.1, 0.15) is 0 Å². The molecule has 0 aliphatic carbocycles. The zero-order valence-corrected chi connectivity index (χ0v) is 8.55. The minimum absolute atomic E-state index is 0.412. The average Bonchev–Trinajstić information content (AvgIpc) is 2.18. The van der Waals surface area contributed by atoms with Crippen molar-refractivity contribution in [3.8, 4) is 0 Å². The predicted molar refractivity (Wildman–Crippen MR) is 58.0 cm³/mol. The number of hydrogen-bond acceptors (Lipinski definition) is 2. The average molecular weight is 194 g/mol. The van der Waals surface area contributed by atoms with E-state index in [-0.39, 0.29) is 0 Å². The van der Waals surface area contributed by atoms with E-state index < -0.39 is 6.10 Å². The monoisotopic (exact) mass is 194 g/mol. The Morgan fingerprint density at radius 3 is 3.00 bits per heavy atom. The smallest absolute Gasteiger partial charge is 0.0824 e. The van der Waals surface area contributed by atoms with Crippen molar-refractivity contribution in [1.29, 1.82) is 0 Å². The highest BCUT2D eigenvalue weighted by atomic mass is 32.2. The third-order valence-electron chi connectivity index (χ3n) is 1.87. The van der Waals surface area contributed by atoms with Crippen molar-refractivity contribution in [3.63, 3.8) is 0 Å². The van der Waals surface area contributed by atoms with E-state index in [1.54, 1.807) is 17.8 Å². The molecule has 1 nitrogen and oxygen atoms in total. The van der Waals surface area contributed by atoms with Gasteiger partial charge >= 0.3 is 0 Å². The molecule has 0 aliphatic rings. The second kappa shape index (κ2) is 5.10. The summed E-state index contributed by atoms with van der Waals surface area (Å²) < 4.78 is 0. The van der Waals surface area contributed by atoms with E-state index in [2.05, 4.69) is 6.58 Å². The minimum Gasteiger partial charge on any atom is -0.388 e. The first-order valence-corrected chi connectivity index (χ1v) is 5.43. The van der Waals surface area contributed by atoms with Gasteiger partial charge in [0, 0.05) is 4.90 Å². The van der Waals surface area contributed by atoms with E-state index in [9.17, 15) is 5.11 Å². The Morgan fingerprint density at radius 1 is 1.62 bits per heavy atom. The molecule has 0 bridgehead atoms. The summed E-state index contributed by atoms with van der Waals surface area (Å²) >= 11 is 1.68. The van der Waals surface area contributed by atoms with E-state index in [1.165, 1.54) is 4.90 Å². The summed E-state index contributed by atoms with van der Waals surface area (Å²) in [4.78, 5) is 1.18. The predicted octanol–water partition coefficient (Wildman–Crippen LogP) is 3.02. The third-order valence-corrected chi connectivity index (χ3v) is 2.59. The van der Waals surface area contributed by atoms with E-state index in [4.69, 9.17) is 0 Å². The summed E-state index contributed by atoms with van der Waals surface area (Å²) in [6, 6.07) is 7.95. The maximum absolute atomic E-state index is 9.66. The van der Waals surface area contributed by atoms with Gasteiger partial charge in [0.15, 0.2) is 0 Å². The molecule has 0 aromatic heterocycles. The fourth-order valence-electron chi connectivity index (χ4n) is 1.14. The Labute approximate surface area is 83.5 Å². The number of aliphatic hydroxyl groups excluding tert-OH is 1. The first-order valence-electron chi connectivity index (χ1n) is 4.21. The molecule has 1 N–H and O–H groups in total. The zero-order valence-electron chi connectivity index (χ0n) is 7.73. The second-order valence-corrected chi connectivity index (χ2v) is 3.70. The Morgan fingerprint density at radius 2 is 2.38 bits per heavy atom. The quantitative estimate of drug-likeness (QED) is 0.587. The van der Waals surface area contributed by atoms with Crippen molar-refractivity contribution in [3.05, 3.63) is 42.5 Å². The van der Waals surface area contributed by atoms with Crippen molar-refractivity contribution in [1.82, 2.24) is 0 Å². The van der Waals surface area contributed by atoms with Crippen LogP contribution in [0, 0.1) is 0 Å². The lowest BCUT2D eigenvalue weighted by Gasteiger charge is -2.08. The van der Waals surface area contributed by atoms with Crippen LogP contribution in [-0.4, -0.2) is 11.4 Å². The molecule has 0 aliphatic heterocycles. The van der Waals surface area contributed by atoms with E-state index >= 15 is 0 Å². The Bertz CT molecular complexity index is 283. The molecule has 0 saturated carbocycles. The van der Waals surface area contributed by atoms with Gasteiger partial charge in [0.05, 0.1) is 6.10 Å². The first-order chi connectivity index (χ1) is 6.27. The molecule has 1 aromatic carbocycles. The summed E-state index contributed by atoms with van der Waals surface area (Å²) in [5.41, 5.74) is 0.965. The van der Waals surface area contributed by atoms with Crippen molar-refractivity contribution in [2.24, 2.45) is 0 Å². The normalized spacial score (nSPS) is 12.5. The van der Waals surface area contributed by atoms with Crippen LogP contribution in [0.5, 0.6) is 0 Å². The molecule has 1 aromatic rings. The first kappa shape index (κ1) is 10.4. The van der Waals surface area contributed by atoms with Crippen LogP contribution in [-0.2, 0) is 0 Å². The van der Waals surface area contributed by atoms with E-state index in [1.807, 2.05) is 30.5 Å². The molecule has 0 unspecified atom stereocenters. The van der Waals surface area contributed by atoms with Gasteiger partial charge in [-0.05, 0) is 30.4 Å². The molecule has 1 rings (SSSR count). The van der Waals surface area contributed by atoms with Crippen LogP contribution in [0.2, 0.25) is 0 Å². The summed E-state index contributed by atoms with van der Waals surface area (Å²) in [6.45, 7) is 3.60. The van der Waals surface area contributed by atoms with Gasteiger partial charge in [-0.15, -0.1) is 18.3 Å². The van der Waals surface area contributed by atoms with Crippen LogP contribution in [0.1, 0.15) is 18.1 Å². The number of benzene rings is 1. The SMILES string of the molecule is C=CC[C@H](O)c1cccc(SC)c1. The van der Waals surface area contributed by atoms with Gasteiger partial charge in [-0.1, -0.05) is 18.2 Å². The summed E-state index contributed by atoms with van der Waals surface area (Å²) in [7, 11) is 0. The molecule has 0 radical (unpaired) electrons. The van der Waals surface area contributed by atoms with Crippen molar-refractivity contribution in [2.75, 3.05) is 6.26 Å². The highest BCUT2D eigenvalue weighted by Crippen LogP contribution is 2.22. The highest BCUT2D eigenvalue weighted by Gasteiger charge is 2.04. The zero-order chi connectivity index (χ0) is 9.68. The van der Waals surface area contributed by atoms with Gasteiger partial charge in [-0.2, -0.15) is 0 Å². The van der Waals surface area contributed by atoms with Gasteiger partial charge in [0.2, 0.25) is 0 Å². The van der Waals surface area contributed by atoms with Crippen molar-refractivity contribution in [2.45, 2.75) is 17.4 Å². The van der Waals surface area contributed by atoms with Crippen LogP contribution >= 0.6 is 11.8 Å². The number of aliphatic hydroxyl groups is 1. The van der Waals surface area contributed by atoms with Crippen molar-refractivity contribution < 1.29 is 5.11 Å². The maximum atomic E-state index is 9.66. The van der Waals surface area contributed by atoms with E-state index in [0.717, 1.165) is 5.56 Å². The van der Waals surface area contributed by atoms with Crippen LogP contribution in [0.4, 0.5) is 0 Å². The molecule has 0 spiro atoms.